The van der Waals surface area contributed by atoms with Crippen molar-refractivity contribution in [3.8, 4) is 0 Å². The maximum Gasteiger partial charge on any atom is 0.277 e. The third kappa shape index (κ3) is 1.71. The Bertz CT molecular complexity index is 311. The number of amides is 1. The van der Waals surface area contributed by atoms with Crippen molar-refractivity contribution < 1.29 is 4.79 Å². The molecule has 1 aromatic heterocycles. The van der Waals surface area contributed by atoms with Crippen LogP contribution in [0, 0.1) is 0 Å². The number of aromatic nitrogens is 1. The molecular weight excluding hydrogens is 186 g/mol. The fraction of sp³-hybridized carbons (Fsp3) is 0.500. The number of rotatable bonds is 1. The van der Waals surface area contributed by atoms with E-state index in [1.54, 1.807) is 0 Å². The highest BCUT2D eigenvalue weighted by atomic mass is 32.1. The minimum absolute atomic E-state index is 0.411. The maximum absolute atomic E-state index is 10.9. The molecule has 0 unspecified atom stereocenters. The second-order valence-corrected chi connectivity index (χ2v) is 4.09. The number of thiazole rings is 1. The van der Waals surface area contributed by atoms with E-state index in [4.69, 9.17) is 5.73 Å². The van der Waals surface area contributed by atoms with Crippen LogP contribution in [0.5, 0.6) is 0 Å². The standard InChI is InChI=1S/C8H11N3OS/c9-7(12)8-11-5-1-3-10-4-2-6(5)13-8/h10H,1-4H2,(H2,9,12). The SMILES string of the molecule is NC(=O)c1nc2c(s1)CCNCC2. The highest BCUT2D eigenvalue weighted by Gasteiger charge is 2.15. The van der Waals surface area contributed by atoms with Gasteiger partial charge in [-0.1, -0.05) is 0 Å². The smallest absolute Gasteiger partial charge is 0.277 e. The Labute approximate surface area is 80.2 Å². The number of hydrogen-bond donors (Lipinski definition) is 2. The van der Waals surface area contributed by atoms with Gasteiger partial charge in [0.15, 0.2) is 5.01 Å². The second kappa shape index (κ2) is 3.43. The molecule has 5 heteroatoms. The molecule has 0 aliphatic carbocycles. The monoisotopic (exact) mass is 197 g/mol. The van der Waals surface area contributed by atoms with Crippen LogP contribution in [0.15, 0.2) is 0 Å². The molecule has 0 spiro atoms. The molecular formula is C8H11N3OS. The molecule has 0 atom stereocenters. The van der Waals surface area contributed by atoms with Crippen molar-refractivity contribution in [1.82, 2.24) is 10.3 Å². The zero-order valence-corrected chi connectivity index (χ0v) is 7.99. The average molecular weight is 197 g/mol. The van der Waals surface area contributed by atoms with Gasteiger partial charge in [0.05, 0.1) is 5.69 Å². The van der Waals surface area contributed by atoms with Gasteiger partial charge in [0.1, 0.15) is 0 Å². The van der Waals surface area contributed by atoms with Crippen LogP contribution in [0.3, 0.4) is 0 Å². The fourth-order valence-electron chi connectivity index (χ4n) is 1.41. The van der Waals surface area contributed by atoms with E-state index in [-0.39, 0.29) is 0 Å². The molecule has 0 bridgehead atoms. The number of fused-ring (bicyclic) bond motifs is 1. The number of nitrogens with one attached hydrogen (secondary N) is 1. The second-order valence-electron chi connectivity index (χ2n) is 3.00. The summed E-state index contributed by atoms with van der Waals surface area (Å²) < 4.78 is 0. The molecule has 0 fully saturated rings. The van der Waals surface area contributed by atoms with Crippen molar-refractivity contribution in [2.45, 2.75) is 12.8 Å². The molecule has 13 heavy (non-hydrogen) atoms. The van der Waals surface area contributed by atoms with Crippen molar-refractivity contribution in [3.05, 3.63) is 15.6 Å². The van der Waals surface area contributed by atoms with E-state index in [9.17, 15) is 4.79 Å². The van der Waals surface area contributed by atoms with E-state index in [0.717, 1.165) is 31.6 Å². The minimum atomic E-state index is -0.411. The van der Waals surface area contributed by atoms with Gasteiger partial charge in [-0.25, -0.2) is 4.98 Å². The first-order valence-electron chi connectivity index (χ1n) is 4.26. The van der Waals surface area contributed by atoms with E-state index >= 15 is 0 Å². The van der Waals surface area contributed by atoms with Crippen LogP contribution < -0.4 is 11.1 Å². The lowest BCUT2D eigenvalue weighted by atomic mass is 10.2. The van der Waals surface area contributed by atoms with Gasteiger partial charge in [-0.15, -0.1) is 11.3 Å². The molecule has 2 heterocycles. The number of carbonyl (C=O) groups is 1. The number of nitrogens with zero attached hydrogens (tertiary/aromatic N) is 1. The molecule has 0 aromatic carbocycles. The van der Waals surface area contributed by atoms with Crippen LogP contribution in [0.1, 0.15) is 20.4 Å². The van der Waals surface area contributed by atoms with Crippen LogP contribution in [-0.4, -0.2) is 24.0 Å². The molecule has 3 N–H and O–H groups in total. The van der Waals surface area contributed by atoms with Crippen molar-refractivity contribution in [2.24, 2.45) is 5.73 Å². The molecule has 1 aliphatic rings. The summed E-state index contributed by atoms with van der Waals surface area (Å²) in [5, 5.41) is 3.73. The molecule has 2 rings (SSSR count). The van der Waals surface area contributed by atoms with Crippen LogP contribution in [0.4, 0.5) is 0 Å². The van der Waals surface area contributed by atoms with E-state index < -0.39 is 5.91 Å². The zero-order valence-electron chi connectivity index (χ0n) is 7.17. The normalized spacial score (nSPS) is 16.3. The van der Waals surface area contributed by atoms with E-state index in [2.05, 4.69) is 10.3 Å². The number of nitrogens with two attached hydrogens (primary N) is 1. The van der Waals surface area contributed by atoms with E-state index in [0.29, 0.717) is 5.01 Å². The Morgan fingerprint density at radius 2 is 2.23 bits per heavy atom. The van der Waals surface area contributed by atoms with Crippen LogP contribution in [0.25, 0.3) is 0 Å². The predicted octanol–water partition coefficient (Wildman–Crippen LogP) is -0.0698. The van der Waals surface area contributed by atoms with Gasteiger partial charge in [0, 0.05) is 24.4 Å². The molecule has 70 valence electrons. The molecule has 0 saturated carbocycles. The first kappa shape index (κ1) is 8.65. The van der Waals surface area contributed by atoms with Gasteiger partial charge in [0.25, 0.3) is 5.91 Å². The van der Waals surface area contributed by atoms with Gasteiger partial charge >= 0.3 is 0 Å². The van der Waals surface area contributed by atoms with Crippen LogP contribution >= 0.6 is 11.3 Å². The molecule has 1 aliphatic heterocycles. The lowest BCUT2D eigenvalue weighted by Gasteiger charge is -1.94. The van der Waals surface area contributed by atoms with Gasteiger partial charge < -0.3 is 11.1 Å². The molecule has 1 amide bonds. The Hall–Kier alpha value is -0.940. The minimum Gasteiger partial charge on any atom is -0.364 e. The third-order valence-electron chi connectivity index (χ3n) is 2.06. The van der Waals surface area contributed by atoms with Crippen LogP contribution in [-0.2, 0) is 12.8 Å². The van der Waals surface area contributed by atoms with Crippen LogP contribution in [0.2, 0.25) is 0 Å². The van der Waals surface area contributed by atoms with Crippen molar-refractivity contribution in [1.29, 1.82) is 0 Å². The van der Waals surface area contributed by atoms with E-state index in [1.807, 2.05) is 0 Å². The summed E-state index contributed by atoms with van der Waals surface area (Å²) in [5.41, 5.74) is 6.20. The Morgan fingerprint density at radius 1 is 1.46 bits per heavy atom. The number of hydrogen-bond acceptors (Lipinski definition) is 4. The Morgan fingerprint density at radius 3 is 3.00 bits per heavy atom. The lowest BCUT2D eigenvalue weighted by molar-refractivity contribution is 0.1000. The average Bonchev–Trinajstić information content (AvgIpc) is 2.38. The Kier molecular flexibility index (Phi) is 2.28. The first-order valence-corrected chi connectivity index (χ1v) is 5.08. The molecule has 4 nitrogen and oxygen atoms in total. The topological polar surface area (TPSA) is 68.0 Å². The summed E-state index contributed by atoms with van der Waals surface area (Å²) in [4.78, 5) is 16.3. The summed E-state index contributed by atoms with van der Waals surface area (Å²) in [6, 6.07) is 0. The maximum atomic E-state index is 10.9. The van der Waals surface area contributed by atoms with Crippen molar-refractivity contribution >= 4 is 17.2 Å². The summed E-state index contributed by atoms with van der Waals surface area (Å²) in [6.45, 7) is 1.91. The largest absolute Gasteiger partial charge is 0.364 e. The lowest BCUT2D eigenvalue weighted by Crippen LogP contribution is -2.17. The molecule has 0 radical (unpaired) electrons. The molecule has 0 saturated heterocycles. The summed E-state index contributed by atoms with van der Waals surface area (Å²) in [5.74, 6) is -0.411. The van der Waals surface area contributed by atoms with Gasteiger partial charge in [-0.3, -0.25) is 4.79 Å². The first-order chi connectivity index (χ1) is 6.27. The van der Waals surface area contributed by atoms with Gasteiger partial charge in [0.2, 0.25) is 0 Å². The Balaban J connectivity index is 2.32. The predicted molar refractivity (Wildman–Crippen MR) is 50.9 cm³/mol. The highest BCUT2D eigenvalue weighted by Crippen LogP contribution is 2.20. The number of primary amides is 1. The number of carbonyl (C=O) groups excluding carboxylic acids is 1. The summed E-state index contributed by atoms with van der Waals surface area (Å²) >= 11 is 1.43. The zero-order chi connectivity index (χ0) is 9.26. The summed E-state index contributed by atoms with van der Waals surface area (Å²) in [6.07, 6.45) is 1.86. The van der Waals surface area contributed by atoms with Gasteiger partial charge in [-0.05, 0) is 6.42 Å². The van der Waals surface area contributed by atoms with Gasteiger partial charge in [-0.2, -0.15) is 0 Å². The van der Waals surface area contributed by atoms with E-state index in [1.165, 1.54) is 16.2 Å². The third-order valence-corrected chi connectivity index (χ3v) is 3.23. The summed E-state index contributed by atoms with van der Waals surface area (Å²) in [7, 11) is 0. The molecule has 1 aromatic rings. The van der Waals surface area contributed by atoms with Crippen molar-refractivity contribution in [2.75, 3.05) is 13.1 Å². The fourth-order valence-corrected chi connectivity index (χ4v) is 2.37. The quantitative estimate of drug-likeness (QED) is 0.662. The highest BCUT2D eigenvalue weighted by molar-refractivity contribution is 7.13. The van der Waals surface area contributed by atoms with Crippen molar-refractivity contribution in [3.63, 3.8) is 0 Å².